The van der Waals surface area contributed by atoms with Crippen LogP contribution < -0.4 is 9.64 Å². The molecule has 0 unspecified atom stereocenters. The van der Waals surface area contributed by atoms with Gasteiger partial charge in [0.1, 0.15) is 12.0 Å². The number of aromatic nitrogens is 2. The number of fused-ring (bicyclic) bond motifs is 1. The Hall–Kier alpha value is -3.38. The van der Waals surface area contributed by atoms with Gasteiger partial charge in [0.05, 0.1) is 18.3 Å². The topological polar surface area (TPSA) is 54.6 Å². The molecule has 2 heterocycles. The molecule has 0 bridgehead atoms. The van der Waals surface area contributed by atoms with E-state index in [1.165, 1.54) is 5.56 Å². The summed E-state index contributed by atoms with van der Waals surface area (Å²) in [6.07, 6.45) is 3.55. The van der Waals surface area contributed by atoms with Crippen LogP contribution in [0.3, 0.4) is 0 Å². The van der Waals surface area contributed by atoms with Gasteiger partial charge in [-0.25, -0.2) is 0 Å². The average Bonchev–Trinajstić information content (AvgIpc) is 3.21. The second-order valence-corrected chi connectivity index (χ2v) is 7.60. The van der Waals surface area contributed by atoms with E-state index >= 15 is 0 Å². The molecule has 0 saturated heterocycles. The molecule has 6 nitrogen and oxygen atoms in total. The maximum atomic E-state index is 5.86. The van der Waals surface area contributed by atoms with Crippen molar-refractivity contribution in [2.24, 2.45) is 0 Å². The number of nitrogens with zero attached hydrogens (tertiary/aromatic N) is 4. The monoisotopic (exact) mass is 402 g/mol. The van der Waals surface area contributed by atoms with Gasteiger partial charge in [-0.1, -0.05) is 24.3 Å². The Morgan fingerprint density at radius 2 is 1.77 bits per heavy atom. The molecule has 30 heavy (non-hydrogen) atoms. The fraction of sp³-hybridized carbons (Fsp3) is 0.250. The Morgan fingerprint density at radius 1 is 0.933 bits per heavy atom. The van der Waals surface area contributed by atoms with Crippen LogP contribution in [-0.4, -0.2) is 36.1 Å². The highest BCUT2D eigenvalue weighted by atomic mass is 16.5. The lowest BCUT2D eigenvalue weighted by Gasteiger charge is -2.21. The summed E-state index contributed by atoms with van der Waals surface area (Å²) in [5.74, 6) is 0.838. The molecule has 4 rings (SSSR count). The molecule has 154 valence electrons. The lowest BCUT2D eigenvalue weighted by molar-refractivity contribution is 0.396. The maximum Gasteiger partial charge on any atom is 0.298 e. The van der Waals surface area contributed by atoms with E-state index in [-0.39, 0.29) is 0 Å². The van der Waals surface area contributed by atoms with E-state index in [1.807, 2.05) is 44.6 Å². The minimum atomic E-state index is 0.612. The summed E-state index contributed by atoms with van der Waals surface area (Å²) in [5, 5.41) is 1.12. The quantitative estimate of drug-likeness (QED) is 0.433. The molecule has 2 aromatic heterocycles. The van der Waals surface area contributed by atoms with Crippen molar-refractivity contribution in [2.45, 2.75) is 19.6 Å². The number of methoxy groups -OCH3 is 1. The molecule has 0 aliphatic carbocycles. The SMILES string of the molecule is COc1cccc(CN(Cc2ccc3ncccc3c2)c2nc(CN(C)C)co2)c1. The number of ether oxygens (including phenoxy) is 1. The van der Waals surface area contributed by atoms with Gasteiger partial charge in [-0.2, -0.15) is 4.98 Å². The highest BCUT2D eigenvalue weighted by Crippen LogP contribution is 2.23. The zero-order valence-electron chi connectivity index (χ0n) is 17.6. The number of anilines is 1. The van der Waals surface area contributed by atoms with Crippen molar-refractivity contribution in [1.29, 1.82) is 0 Å². The average molecular weight is 402 g/mol. The smallest absolute Gasteiger partial charge is 0.298 e. The lowest BCUT2D eigenvalue weighted by Crippen LogP contribution is -2.22. The normalized spacial score (nSPS) is 11.2. The molecule has 2 aromatic carbocycles. The van der Waals surface area contributed by atoms with Gasteiger partial charge in [-0.15, -0.1) is 0 Å². The fourth-order valence-electron chi connectivity index (χ4n) is 3.46. The van der Waals surface area contributed by atoms with Crippen LogP contribution in [0.15, 0.2) is 71.5 Å². The van der Waals surface area contributed by atoms with Gasteiger partial charge in [-0.05, 0) is 55.6 Å². The van der Waals surface area contributed by atoms with Gasteiger partial charge in [0, 0.05) is 31.2 Å². The molecular weight excluding hydrogens is 376 g/mol. The summed E-state index contributed by atoms with van der Waals surface area (Å²) in [7, 11) is 5.72. The summed E-state index contributed by atoms with van der Waals surface area (Å²) in [6.45, 7) is 2.06. The zero-order chi connectivity index (χ0) is 20.9. The minimum absolute atomic E-state index is 0.612. The second kappa shape index (κ2) is 8.97. The van der Waals surface area contributed by atoms with Crippen molar-refractivity contribution in [1.82, 2.24) is 14.9 Å². The summed E-state index contributed by atoms with van der Waals surface area (Å²) in [4.78, 5) is 13.4. The highest BCUT2D eigenvalue weighted by molar-refractivity contribution is 5.79. The van der Waals surface area contributed by atoms with E-state index < -0.39 is 0 Å². The Labute approximate surface area is 176 Å². The molecule has 0 atom stereocenters. The minimum Gasteiger partial charge on any atom is -0.497 e. The number of hydrogen-bond donors (Lipinski definition) is 0. The first-order chi connectivity index (χ1) is 14.6. The standard InChI is InChI=1S/C24H26N4O2/c1-27(2)16-21-17-30-24(26-21)28(14-18-6-4-8-22(13-18)29-3)15-19-9-10-23-20(12-19)7-5-11-25-23/h4-13,17H,14-16H2,1-3H3. The van der Waals surface area contributed by atoms with Crippen LogP contribution in [0.2, 0.25) is 0 Å². The predicted molar refractivity (Wildman–Crippen MR) is 119 cm³/mol. The molecule has 0 amide bonds. The first-order valence-corrected chi connectivity index (χ1v) is 9.91. The van der Waals surface area contributed by atoms with Crippen LogP contribution in [0, 0.1) is 0 Å². The van der Waals surface area contributed by atoms with Crippen LogP contribution in [0.4, 0.5) is 6.01 Å². The van der Waals surface area contributed by atoms with Gasteiger partial charge in [-0.3, -0.25) is 4.98 Å². The van der Waals surface area contributed by atoms with Crippen molar-refractivity contribution >= 4 is 16.9 Å². The van der Waals surface area contributed by atoms with Crippen LogP contribution in [-0.2, 0) is 19.6 Å². The Balaban J connectivity index is 1.63. The Bertz CT molecular complexity index is 1120. The number of benzene rings is 2. The summed E-state index contributed by atoms with van der Waals surface area (Å²) in [6, 6.07) is 19.1. The summed E-state index contributed by atoms with van der Waals surface area (Å²) in [5.41, 5.74) is 4.20. The molecule has 0 radical (unpaired) electrons. The zero-order valence-corrected chi connectivity index (χ0v) is 17.6. The van der Waals surface area contributed by atoms with Gasteiger partial charge in [0.2, 0.25) is 0 Å². The van der Waals surface area contributed by atoms with Gasteiger partial charge < -0.3 is 19.0 Å². The van der Waals surface area contributed by atoms with Gasteiger partial charge >= 0.3 is 0 Å². The fourth-order valence-corrected chi connectivity index (χ4v) is 3.46. The molecule has 0 N–H and O–H groups in total. The van der Waals surface area contributed by atoms with Crippen molar-refractivity contribution in [2.75, 3.05) is 26.1 Å². The van der Waals surface area contributed by atoms with E-state index in [2.05, 4.69) is 45.1 Å². The first-order valence-electron chi connectivity index (χ1n) is 9.91. The second-order valence-electron chi connectivity index (χ2n) is 7.60. The van der Waals surface area contributed by atoms with Crippen LogP contribution in [0.1, 0.15) is 16.8 Å². The van der Waals surface area contributed by atoms with Crippen LogP contribution in [0.5, 0.6) is 5.75 Å². The molecule has 0 aliphatic rings. The summed E-state index contributed by atoms with van der Waals surface area (Å²) < 4.78 is 11.2. The third kappa shape index (κ3) is 4.78. The predicted octanol–water partition coefficient (Wildman–Crippen LogP) is 4.50. The molecule has 0 fully saturated rings. The number of pyridine rings is 1. The molecular formula is C24H26N4O2. The Kier molecular flexibility index (Phi) is 5.95. The van der Waals surface area contributed by atoms with E-state index in [1.54, 1.807) is 13.4 Å². The van der Waals surface area contributed by atoms with Crippen LogP contribution in [0.25, 0.3) is 10.9 Å². The molecule has 4 aromatic rings. The third-order valence-corrected chi connectivity index (χ3v) is 4.84. The first kappa shape index (κ1) is 19.9. The van der Waals surface area contributed by atoms with Crippen molar-refractivity contribution in [3.8, 4) is 5.75 Å². The van der Waals surface area contributed by atoms with Crippen molar-refractivity contribution in [3.63, 3.8) is 0 Å². The number of oxazole rings is 1. The van der Waals surface area contributed by atoms with Gasteiger partial charge in [0.25, 0.3) is 6.01 Å². The van der Waals surface area contributed by atoms with Gasteiger partial charge in [0.15, 0.2) is 0 Å². The molecule has 0 spiro atoms. The van der Waals surface area contributed by atoms with E-state index in [4.69, 9.17) is 14.1 Å². The highest BCUT2D eigenvalue weighted by Gasteiger charge is 2.16. The van der Waals surface area contributed by atoms with E-state index in [0.29, 0.717) is 19.1 Å². The third-order valence-electron chi connectivity index (χ3n) is 4.84. The largest absolute Gasteiger partial charge is 0.497 e. The van der Waals surface area contributed by atoms with E-state index in [9.17, 15) is 0 Å². The van der Waals surface area contributed by atoms with E-state index in [0.717, 1.165) is 34.5 Å². The molecule has 0 aliphatic heterocycles. The molecule has 6 heteroatoms. The van der Waals surface area contributed by atoms with Crippen molar-refractivity contribution in [3.05, 3.63) is 83.9 Å². The summed E-state index contributed by atoms with van der Waals surface area (Å²) >= 11 is 0. The Morgan fingerprint density at radius 3 is 2.57 bits per heavy atom. The number of hydrogen-bond acceptors (Lipinski definition) is 6. The molecule has 0 saturated carbocycles. The maximum absolute atomic E-state index is 5.86. The van der Waals surface area contributed by atoms with Crippen LogP contribution >= 0.6 is 0 Å². The van der Waals surface area contributed by atoms with Crippen molar-refractivity contribution < 1.29 is 9.15 Å². The lowest BCUT2D eigenvalue weighted by atomic mass is 10.1. The number of rotatable bonds is 8.